The van der Waals surface area contributed by atoms with E-state index in [0.29, 0.717) is 45.8 Å². The molecule has 0 spiro atoms. The van der Waals surface area contributed by atoms with E-state index in [2.05, 4.69) is 30.9 Å². The number of hydrogen-bond donors (Lipinski definition) is 3. The zero-order valence-electron chi connectivity index (χ0n) is 18.6. The summed E-state index contributed by atoms with van der Waals surface area (Å²) in [4.78, 5) is 4.49. The van der Waals surface area contributed by atoms with Crippen molar-refractivity contribution in [1.82, 2.24) is 10.1 Å². The Bertz CT molecular complexity index is 1270. The molecule has 2 aromatic carbocycles. The zero-order chi connectivity index (χ0) is 23.8. The highest BCUT2D eigenvalue weighted by Crippen LogP contribution is 2.33. The lowest BCUT2D eigenvalue weighted by Gasteiger charge is -2.21. The first kappa shape index (κ1) is 23.3. The van der Waals surface area contributed by atoms with E-state index in [9.17, 15) is 10.2 Å². The van der Waals surface area contributed by atoms with Gasteiger partial charge >= 0.3 is 0 Å². The predicted molar refractivity (Wildman–Crippen MR) is 125 cm³/mol. The molecule has 0 aliphatic rings. The van der Waals surface area contributed by atoms with Crippen LogP contribution in [0.5, 0.6) is 5.75 Å². The molecular formula is C24H26ClN3O5. The topological polar surface area (TPSA) is 128 Å². The average molecular weight is 472 g/mol. The van der Waals surface area contributed by atoms with Gasteiger partial charge < -0.3 is 29.6 Å². The van der Waals surface area contributed by atoms with Crippen LogP contribution in [0.2, 0.25) is 5.02 Å². The zero-order valence-corrected chi connectivity index (χ0v) is 19.4. The van der Waals surface area contributed by atoms with Crippen molar-refractivity contribution in [3.63, 3.8) is 0 Å². The molecule has 0 aliphatic carbocycles. The van der Waals surface area contributed by atoms with Gasteiger partial charge in [-0.2, -0.15) is 4.98 Å². The second kappa shape index (κ2) is 8.79. The number of fused-ring (bicyclic) bond motifs is 1. The summed E-state index contributed by atoms with van der Waals surface area (Å²) in [5.74, 6) is 1.60. The maximum atomic E-state index is 9.51. The third kappa shape index (κ3) is 4.89. The normalized spacial score (nSPS) is 12.5. The van der Waals surface area contributed by atoms with Crippen molar-refractivity contribution in [3.05, 3.63) is 53.2 Å². The number of aliphatic hydroxyl groups is 2. The van der Waals surface area contributed by atoms with Crippen molar-refractivity contribution in [2.45, 2.75) is 26.3 Å². The quantitative estimate of drug-likeness (QED) is 0.362. The van der Waals surface area contributed by atoms with Gasteiger partial charge in [0.15, 0.2) is 0 Å². The third-order valence-electron chi connectivity index (χ3n) is 5.10. The molecule has 8 nitrogen and oxygen atoms in total. The van der Waals surface area contributed by atoms with Gasteiger partial charge in [0.25, 0.3) is 5.89 Å². The summed E-state index contributed by atoms with van der Waals surface area (Å²) in [6, 6.07) is 12.4. The van der Waals surface area contributed by atoms with Crippen LogP contribution in [0.4, 0.5) is 0 Å². The Hall–Kier alpha value is -2.91. The molecule has 0 amide bonds. The van der Waals surface area contributed by atoms with E-state index in [1.54, 1.807) is 30.3 Å². The van der Waals surface area contributed by atoms with E-state index < -0.39 is 18.8 Å². The molecule has 0 unspecified atom stereocenters. The van der Waals surface area contributed by atoms with Crippen molar-refractivity contribution in [2.75, 3.05) is 19.8 Å². The number of furan rings is 1. The summed E-state index contributed by atoms with van der Waals surface area (Å²) in [5, 5.41) is 24.3. The van der Waals surface area contributed by atoms with Crippen LogP contribution in [0.3, 0.4) is 0 Å². The van der Waals surface area contributed by atoms with Gasteiger partial charge in [-0.1, -0.05) is 37.5 Å². The van der Waals surface area contributed by atoms with Crippen LogP contribution in [0.15, 0.2) is 51.4 Å². The lowest BCUT2D eigenvalue weighted by atomic mass is 9.99. The average Bonchev–Trinajstić information content (AvgIpc) is 3.44. The first-order valence-corrected chi connectivity index (χ1v) is 10.8. The number of benzene rings is 2. The number of nitrogens with two attached hydrogens (primary N) is 1. The molecule has 0 atom stereocenters. The van der Waals surface area contributed by atoms with E-state index in [-0.39, 0.29) is 11.2 Å². The third-order valence-corrected chi connectivity index (χ3v) is 5.39. The van der Waals surface area contributed by atoms with Crippen LogP contribution in [-0.2, 0) is 5.54 Å². The molecule has 174 valence electrons. The molecule has 0 saturated heterocycles. The molecule has 9 heteroatoms. The van der Waals surface area contributed by atoms with E-state index >= 15 is 0 Å². The number of nitrogens with zero attached hydrogens (tertiary/aromatic N) is 2. The van der Waals surface area contributed by atoms with Gasteiger partial charge in [0.2, 0.25) is 5.82 Å². The Kier molecular flexibility index (Phi) is 6.20. The monoisotopic (exact) mass is 471 g/mol. The Morgan fingerprint density at radius 3 is 2.42 bits per heavy atom. The molecule has 0 radical (unpaired) electrons. The molecule has 4 rings (SSSR count). The Morgan fingerprint density at radius 1 is 1.03 bits per heavy atom. The number of aliphatic hydroxyl groups excluding tert-OH is 2. The van der Waals surface area contributed by atoms with Crippen LogP contribution in [-0.4, -0.2) is 40.2 Å². The van der Waals surface area contributed by atoms with Crippen LogP contribution in [0.1, 0.15) is 26.5 Å². The molecule has 0 aliphatic heterocycles. The van der Waals surface area contributed by atoms with Gasteiger partial charge in [-0.15, -0.1) is 0 Å². The van der Waals surface area contributed by atoms with Gasteiger partial charge in [0, 0.05) is 16.5 Å². The summed E-state index contributed by atoms with van der Waals surface area (Å²) in [5.41, 5.74) is 6.60. The highest BCUT2D eigenvalue weighted by Gasteiger charge is 2.30. The molecule has 2 heterocycles. The summed E-state index contributed by atoms with van der Waals surface area (Å²) in [6.45, 7) is 5.89. The fraction of sp³-hybridized carbons (Fsp3) is 0.333. The van der Waals surface area contributed by atoms with E-state index in [1.165, 1.54) is 0 Å². The van der Waals surface area contributed by atoms with Crippen molar-refractivity contribution >= 4 is 22.6 Å². The Labute approximate surface area is 195 Å². The number of ether oxygens (including phenoxy) is 1. The van der Waals surface area contributed by atoms with Crippen LogP contribution < -0.4 is 10.5 Å². The van der Waals surface area contributed by atoms with Crippen molar-refractivity contribution in [3.8, 4) is 28.6 Å². The molecule has 4 aromatic rings. The lowest BCUT2D eigenvalue weighted by Crippen LogP contribution is -2.43. The first-order valence-electron chi connectivity index (χ1n) is 10.4. The van der Waals surface area contributed by atoms with E-state index in [1.807, 2.05) is 12.1 Å². The molecule has 0 fully saturated rings. The SMILES string of the molecule is CC(C)(C)COc1ccc(-c2nc(-c3ccc4oc(C(N)(CO)CO)cc4c3)no2)cc1Cl. The van der Waals surface area contributed by atoms with Crippen molar-refractivity contribution in [2.24, 2.45) is 11.1 Å². The summed E-state index contributed by atoms with van der Waals surface area (Å²) in [7, 11) is 0. The van der Waals surface area contributed by atoms with Crippen molar-refractivity contribution in [1.29, 1.82) is 0 Å². The fourth-order valence-corrected chi connectivity index (χ4v) is 3.37. The van der Waals surface area contributed by atoms with Gasteiger partial charge in [0.1, 0.15) is 22.6 Å². The van der Waals surface area contributed by atoms with Crippen LogP contribution in [0, 0.1) is 5.41 Å². The highest BCUT2D eigenvalue weighted by molar-refractivity contribution is 6.32. The second-order valence-corrected chi connectivity index (χ2v) is 9.66. The molecule has 33 heavy (non-hydrogen) atoms. The van der Waals surface area contributed by atoms with Crippen LogP contribution in [0.25, 0.3) is 33.8 Å². The van der Waals surface area contributed by atoms with Crippen molar-refractivity contribution < 1.29 is 23.9 Å². The molecule has 4 N–H and O–H groups in total. The van der Waals surface area contributed by atoms with E-state index in [4.69, 9.17) is 31.0 Å². The summed E-state index contributed by atoms with van der Waals surface area (Å²) < 4.78 is 17.0. The fourth-order valence-electron chi connectivity index (χ4n) is 3.14. The Balaban J connectivity index is 1.58. The minimum Gasteiger partial charge on any atom is -0.491 e. The second-order valence-electron chi connectivity index (χ2n) is 9.25. The van der Waals surface area contributed by atoms with Gasteiger partial charge in [-0.3, -0.25) is 0 Å². The highest BCUT2D eigenvalue weighted by atomic mass is 35.5. The Morgan fingerprint density at radius 2 is 1.76 bits per heavy atom. The molecule has 0 saturated carbocycles. The van der Waals surface area contributed by atoms with Gasteiger partial charge in [-0.05, 0) is 47.9 Å². The molecule has 0 bridgehead atoms. The predicted octanol–water partition coefficient (Wildman–Crippen LogP) is 4.37. The minimum absolute atomic E-state index is 0.0160. The van der Waals surface area contributed by atoms with Gasteiger partial charge in [-0.25, -0.2) is 0 Å². The first-order chi connectivity index (χ1) is 15.6. The van der Waals surface area contributed by atoms with Crippen LogP contribution >= 0.6 is 11.6 Å². The standard InChI is InChI=1S/C24H26ClN3O5/c1-23(2,3)13-31-19-7-5-15(9-17(19)25)22-27-21(28-33-22)14-4-6-18-16(8-14)10-20(32-18)24(26,11-29)12-30/h4-10,29-30H,11-13,26H2,1-3H3. The summed E-state index contributed by atoms with van der Waals surface area (Å²) in [6.07, 6.45) is 0. The lowest BCUT2D eigenvalue weighted by molar-refractivity contribution is 0.105. The molecular weight excluding hydrogens is 446 g/mol. The number of rotatable bonds is 7. The minimum atomic E-state index is -1.36. The largest absolute Gasteiger partial charge is 0.491 e. The smallest absolute Gasteiger partial charge is 0.258 e. The number of aromatic nitrogens is 2. The van der Waals surface area contributed by atoms with E-state index in [0.717, 1.165) is 5.39 Å². The van der Waals surface area contributed by atoms with Gasteiger partial charge in [0.05, 0.1) is 24.8 Å². The maximum absolute atomic E-state index is 9.51. The maximum Gasteiger partial charge on any atom is 0.258 e. The summed E-state index contributed by atoms with van der Waals surface area (Å²) >= 11 is 6.39. The molecule has 2 aromatic heterocycles. The number of hydrogen-bond acceptors (Lipinski definition) is 8. The number of halogens is 1.